The van der Waals surface area contributed by atoms with Gasteiger partial charge in [0.05, 0.1) is 0 Å². The first-order valence-corrected chi connectivity index (χ1v) is 8.17. The Hall–Kier alpha value is -0.970. The quantitative estimate of drug-likeness (QED) is 0.732. The fourth-order valence-corrected chi connectivity index (χ4v) is 3.84. The zero-order valence-electron chi connectivity index (χ0n) is 12.8. The Morgan fingerprint density at radius 3 is 2.38 bits per heavy atom. The summed E-state index contributed by atoms with van der Waals surface area (Å²) < 4.78 is 5.40. The van der Waals surface area contributed by atoms with Crippen molar-refractivity contribution >= 4 is 23.6 Å². The van der Waals surface area contributed by atoms with Gasteiger partial charge in [-0.25, -0.2) is 4.79 Å². The van der Waals surface area contributed by atoms with E-state index in [9.17, 15) is 9.59 Å². The predicted molar refractivity (Wildman–Crippen MR) is 79.1 cm³/mol. The van der Waals surface area contributed by atoms with E-state index < -0.39 is 5.60 Å². The van der Waals surface area contributed by atoms with Crippen molar-refractivity contribution in [2.75, 3.05) is 25.5 Å². The molecule has 0 aromatic rings. The summed E-state index contributed by atoms with van der Waals surface area (Å²) >= 11 is 5.86. The van der Waals surface area contributed by atoms with Crippen LogP contribution in [0.5, 0.6) is 0 Å². The van der Waals surface area contributed by atoms with Crippen molar-refractivity contribution < 1.29 is 14.3 Å². The van der Waals surface area contributed by atoms with Gasteiger partial charge < -0.3 is 14.5 Å². The van der Waals surface area contributed by atoms with Gasteiger partial charge in [0, 0.05) is 49.8 Å². The van der Waals surface area contributed by atoms with E-state index in [-0.39, 0.29) is 12.0 Å². The van der Waals surface area contributed by atoms with E-state index in [1.165, 1.54) is 0 Å². The fraction of sp³-hybridized carbons (Fsp3) is 0.867. The van der Waals surface area contributed by atoms with Gasteiger partial charge in [-0.3, -0.25) is 4.79 Å². The van der Waals surface area contributed by atoms with Crippen LogP contribution in [0.4, 0.5) is 4.79 Å². The third kappa shape index (κ3) is 2.85. The molecule has 3 aliphatic rings. The highest BCUT2D eigenvalue weighted by Crippen LogP contribution is 2.50. The van der Waals surface area contributed by atoms with E-state index in [1.807, 2.05) is 25.7 Å². The summed E-state index contributed by atoms with van der Waals surface area (Å²) in [4.78, 5) is 27.8. The minimum absolute atomic E-state index is 0.226. The number of ether oxygens (including phenoxy) is 1. The third-order valence-electron chi connectivity index (χ3n) is 4.62. The molecule has 1 saturated carbocycles. The number of amides is 2. The number of nitrogens with zero attached hydrogens (tertiary/aromatic N) is 2. The van der Waals surface area contributed by atoms with Crippen LogP contribution < -0.4 is 0 Å². The highest BCUT2D eigenvalue weighted by molar-refractivity contribution is 6.18. The maximum Gasteiger partial charge on any atom is 0.410 e. The number of hydrogen-bond acceptors (Lipinski definition) is 3. The maximum atomic E-state index is 12.0. The van der Waals surface area contributed by atoms with Crippen molar-refractivity contribution in [2.24, 2.45) is 17.8 Å². The van der Waals surface area contributed by atoms with E-state index in [0.717, 1.165) is 6.54 Å². The first kappa shape index (κ1) is 14.9. The lowest BCUT2D eigenvalue weighted by atomic mass is 10.1. The number of likely N-dealkylation sites (tertiary alicyclic amines) is 2. The Bertz CT molecular complexity index is 450. The molecule has 3 rings (SSSR count). The zero-order valence-corrected chi connectivity index (χ0v) is 13.6. The van der Waals surface area contributed by atoms with Crippen LogP contribution in [0.15, 0.2) is 0 Å². The summed E-state index contributed by atoms with van der Waals surface area (Å²) in [7, 11) is 0. The molecule has 2 unspecified atom stereocenters. The van der Waals surface area contributed by atoms with Gasteiger partial charge >= 0.3 is 6.09 Å². The SMILES string of the molecule is CC(C)(C)OC(=O)N1C[C@@H]2C(N3CC(CCl)CC3=O)[C@@H]2C1. The predicted octanol–water partition coefficient (Wildman–Crippen LogP) is 1.94. The number of hydrogen-bond donors (Lipinski definition) is 0. The molecule has 0 radical (unpaired) electrons. The van der Waals surface area contributed by atoms with Crippen LogP contribution >= 0.6 is 11.6 Å². The monoisotopic (exact) mass is 314 g/mol. The number of piperidine rings is 1. The van der Waals surface area contributed by atoms with Gasteiger partial charge in [0.1, 0.15) is 5.60 Å². The second-order valence-corrected chi connectivity index (χ2v) is 7.78. The minimum atomic E-state index is -0.457. The molecule has 4 atom stereocenters. The minimum Gasteiger partial charge on any atom is -0.444 e. The molecule has 2 heterocycles. The Labute approximate surface area is 130 Å². The normalized spacial score (nSPS) is 35.1. The number of carbonyl (C=O) groups excluding carboxylic acids is 2. The molecule has 0 bridgehead atoms. The highest BCUT2D eigenvalue weighted by atomic mass is 35.5. The van der Waals surface area contributed by atoms with Crippen molar-refractivity contribution in [3.63, 3.8) is 0 Å². The number of alkyl halides is 1. The molecule has 1 aliphatic carbocycles. The number of fused-ring (bicyclic) bond motifs is 1. The maximum absolute atomic E-state index is 12.0. The average Bonchev–Trinajstić information content (AvgIpc) is 2.76. The van der Waals surface area contributed by atoms with Crippen LogP contribution in [0.1, 0.15) is 27.2 Å². The Balaban J connectivity index is 1.53. The molecule has 5 nitrogen and oxygen atoms in total. The van der Waals surface area contributed by atoms with Crippen molar-refractivity contribution in [1.29, 1.82) is 0 Å². The molecular weight excluding hydrogens is 292 g/mol. The summed E-state index contributed by atoms with van der Waals surface area (Å²) in [6, 6.07) is 0.324. The summed E-state index contributed by atoms with van der Waals surface area (Å²) in [5.41, 5.74) is -0.457. The van der Waals surface area contributed by atoms with E-state index in [0.29, 0.717) is 49.2 Å². The largest absolute Gasteiger partial charge is 0.444 e. The lowest BCUT2D eigenvalue weighted by Crippen LogP contribution is -2.40. The van der Waals surface area contributed by atoms with Crippen molar-refractivity contribution in [3.8, 4) is 0 Å². The van der Waals surface area contributed by atoms with Gasteiger partial charge in [0.15, 0.2) is 0 Å². The molecule has 0 aromatic heterocycles. The number of rotatable bonds is 2. The smallest absolute Gasteiger partial charge is 0.410 e. The van der Waals surface area contributed by atoms with E-state index in [4.69, 9.17) is 16.3 Å². The Morgan fingerprint density at radius 2 is 1.90 bits per heavy atom. The molecule has 2 saturated heterocycles. The zero-order chi connectivity index (χ0) is 15.4. The van der Waals surface area contributed by atoms with Gasteiger partial charge in [0.25, 0.3) is 0 Å². The van der Waals surface area contributed by atoms with Crippen molar-refractivity contribution in [3.05, 3.63) is 0 Å². The summed E-state index contributed by atoms with van der Waals surface area (Å²) in [6.07, 6.45) is 0.342. The first-order valence-electron chi connectivity index (χ1n) is 7.63. The van der Waals surface area contributed by atoms with Crippen LogP contribution in [0.2, 0.25) is 0 Å². The van der Waals surface area contributed by atoms with E-state index in [1.54, 1.807) is 4.90 Å². The van der Waals surface area contributed by atoms with E-state index in [2.05, 4.69) is 0 Å². The summed E-state index contributed by atoms with van der Waals surface area (Å²) in [5.74, 6) is 1.92. The van der Waals surface area contributed by atoms with Crippen LogP contribution in [0.25, 0.3) is 0 Å². The van der Waals surface area contributed by atoms with Gasteiger partial charge in [-0.1, -0.05) is 0 Å². The van der Waals surface area contributed by atoms with Gasteiger partial charge in [-0.15, -0.1) is 11.6 Å². The van der Waals surface area contributed by atoms with Crippen LogP contribution in [-0.2, 0) is 9.53 Å². The van der Waals surface area contributed by atoms with Gasteiger partial charge in [0.2, 0.25) is 5.91 Å². The molecule has 2 aliphatic heterocycles. The Kier molecular flexibility index (Phi) is 3.59. The number of carbonyl (C=O) groups is 2. The van der Waals surface area contributed by atoms with Crippen molar-refractivity contribution in [2.45, 2.75) is 38.8 Å². The highest BCUT2D eigenvalue weighted by Gasteiger charge is 2.61. The van der Waals surface area contributed by atoms with Gasteiger partial charge in [-0.2, -0.15) is 0 Å². The first-order chi connectivity index (χ1) is 9.80. The molecular formula is C15H23ClN2O3. The van der Waals surface area contributed by atoms with Crippen LogP contribution in [0, 0.1) is 17.8 Å². The second-order valence-electron chi connectivity index (χ2n) is 7.47. The molecule has 0 N–H and O–H groups in total. The molecule has 6 heteroatoms. The Morgan fingerprint density at radius 1 is 1.29 bits per heavy atom. The molecule has 0 aromatic carbocycles. The van der Waals surface area contributed by atoms with Crippen molar-refractivity contribution in [1.82, 2.24) is 9.80 Å². The number of halogens is 1. The van der Waals surface area contributed by atoms with E-state index >= 15 is 0 Å². The lowest BCUT2D eigenvalue weighted by Gasteiger charge is -2.27. The average molecular weight is 315 g/mol. The third-order valence-corrected chi connectivity index (χ3v) is 5.05. The molecule has 21 heavy (non-hydrogen) atoms. The lowest BCUT2D eigenvalue weighted by molar-refractivity contribution is -0.128. The van der Waals surface area contributed by atoms with Gasteiger partial charge in [-0.05, 0) is 26.7 Å². The summed E-state index contributed by atoms with van der Waals surface area (Å²) in [5, 5.41) is 0. The molecule has 118 valence electrons. The molecule has 2 amide bonds. The van der Waals surface area contributed by atoms with Crippen LogP contribution in [-0.4, -0.2) is 59.0 Å². The standard InChI is InChI=1S/C15H23ClN2O3/c1-15(2,3)21-14(20)17-7-10-11(8-17)13(10)18-6-9(5-16)4-12(18)19/h9-11,13H,4-8H2,1-3H3/t9?,10-,11+,13?. The van der Waals surface area contributed by atoms with Crippen LogP contribution in [0.3, 0.4) is 0 Å². The summed E-state index contributed by atoms with van der Waals surface area (Å²) in [6.45, 7) is 7.82. The topological polar surface area (TPSA) is 49.9 Å². The molecule has 3 fully saturated rings. The fourth-order valence-electron chi connectivity index (χ4n) is 3.63. The second kappa shape index (κ2) is 5.04. The molecule has 0 spiro atoms.